The molecule has 2 aromatic rings. The second-order valence-corrected chi connectivity index (χ2v) is 15.9. The molecule has 2 saturated heterocycles. The molecule has 1 amide bonds. The van der Waals surface area contributed by atoms with Crippen LogP contribution in [0.4, 0.5) is 0 Å². The molecule has 0 saturated carbocycles. The third-order valence-corrected chi connectivity index (χ3v) is 11.1. The molecule has 2 aliphatic heterocycles. The summed E-state index contributed by atoms with van der Waals surface area (Å²) in [6.45, 7) is 13.0. The van der Waals surface area contributed by atoms with Gasteiger partial charge in [-0.1, -0.05) is 51.1 Å². The molecule has 4 rings (SSSR count). The Morgan fingerprint density at radius 2 is 1.74 bits per heavy atom. The summed E-state index contributed by atoms with van der Waals surface area (Å²) in [5.41, 5.74) is -1.63. The minimum absolute atomic E-state index is 0.0589. The summed E-state index contributed by atoms with van der Waals surface area (Å²) in [7, 11) is 3.72. The number of carbonyl (C=O) groups excluding carboxylic acids is 3. The number of hydrogen-bond acceptors (Lipinski definition) is 12. The molecule has 4 N–H and O–H groups in total. The van der Waals surface area contributed by atoms with Crippen LogP contribution < -0.4 is 5.32 Å². The van der Waals surface area contributed by atoms with Crippen LogP contribution in [0.25, 0.3) is 17.0 Å². The van der Waals surface area contributed by atoms with Crippen molar-refractivity contribution in [1.82, 2.24) is 15.2 Å². The largest absolute Gasteiger partial charge is 0.459 e. The van der Waals surface area contributed by atoms with Crippen LogP contribution in [0.1, 0.15) is 80.2 Å². The first-order valence-corrected chi connectivity index (χ1v) is 19.1. The molecular weight excluding hydrogens is 694 g/mol. The SMILES string of the molecule is CCC1OC(=O)[C@H](C)C(=O)[C@H](C)[C@@H](O[C@@H]2O[C@H](C)C[C@H](N(C)C)[C@H]2O)[C@](C)(OC/C=C/c2cnc3ccccc3c2)C[C@@H](C)NC(=O)[C@H](C)[C@@H](O)[C@]1(C)O. The number of ether oxygens (including phenoxy) is 4. The summed E-state index contributed by atoms with van der Waals surface area (Å²) in [6, 6.07) is 8.89. The molecule has 0 aliphatic carbocycles. The number of aromatic nitrogens is 1. The standard InChI is InChI=1S/C41H61N3O10/c1-11-32-41(8,50)35(47)27(6)37(48)43-23(2)21-40(7,51-18-14-15-28-20-29-16-12-13-17-30(29)42-22-28)36(25(4)33(45)26(5)38(49)53-32)54-39-34(46)31(44(9)10)19-24(3)52-39/h12-17,20,22-27,31-32,34-36,39,46-47,50H,11,18-19,21H2,1-10H3,(H,43,48)/b15-14+/t23-,24-,25+,26-,27-,31+,32?,34-,35-,36-,39+,40-,41-/m1/s1. The van der Waals surface area contributed by atoms with E-state index in [2.05, 4.69) is 10.3 Å². The number of hydrogen-bond donors (Lipinski definition) is 4. The van der Waals surface area contributed by atoms with Gasteiger partial charge in [-0.3, -0.25) is 19.4 Å². The Balaban J connectivity index is 1.77. The van der Waals surface area contributed by atoms with Crippen molar-refractivity contribution in [3.8, 4) is 0 Å². The average Bonchev–Trinajstić information content (AvgIpc) is 3.13. The third-order valence-electron chi connectivity index (χ3n) is 11.1. The van der Waals surface area contributed by atoms with Gasteiger partial charge in [-0.25, -0.2) is 0 Å². The molecule has 13 heteroatoms. The maximum atomic E-state index is 14.3. The Bertz CT molecular complexity index is 1630. The zero-order valence-corrected chi connectivity index (χ0v) is 33.4. The highest BCUT2D eigenvalue weighted by atomic mass is 16.7. The Morgan fingerprint density at radius 3 is 2.41 bits per heavy atom. The fourth-order valence-electron chi connectivity index (χ4n) is 7.84. The zero-order chi connectivity index (χ0) is 40.1. The molecular formula is C41H61N3O10. The number of para-hydroxylation sites is 1. The van der Waals surface area contributed by atoms with Crippen LogP contribution in [0.15, 0.2) is 42.6 Å². The zero-order valence-electron chi connectivity index (χ0n) is 33.4. The highest BCUT2D eigenvalue weighted by Crippen LogP contribution is 2.36. The van der Waals surface area contributed by atoms with E-state index in [0.717, 1.165) is 16.5 Å². The summed E-state index contributed by atoms with van der Waals surface area (Å²) in [5, 5.41) is 38.1. The van der Waals surface area contributed by atoms with Gasteiger partial charge in [0.15, 0.2) is 12.1 Å². The Kier molecular flexibility index (Phi) is 14.6. The first-order valence-electron chi connectivity index (χ1n) is 19.1. The summed E-state index contributed by atoms with van der Waals surface area (Å²) in [6.07, 6.45) is -0.251. The van der Waals surface area contributed by atoms with E-state index in [1.54, 1.807) is 33.9 Å². The second kappa shape index (κ2) is 18.1. The Labute approximate surface area is 319 Å². The van der Waals surface area contributed by atoms with E-state index in [1.165, 1.54) is 20.8 Å². The number of ketones is 1. The first kappa shape index (κ1) is 43.4. The maximum absolute atomic E-state index is 14.3. The minimum atomic E-state index is -2.01. The highest BCUT2D eigenvalue weighted by Gasteiger charge is 2.51. The van der Waals surface area contributed by atoms with Gasteiger partial charge in [0.1, 0.15) is 23.7 Å². The topological polar surface area (TPSA) is 177 Å². The number of nitrogens with one attached hydrogen (secondary N) is 1. The molecule has 2 aliphatic rings. The minimum Gasteiger partial charge on any atom is -0.459 e. The molecule has 1 unspecified atom stereocenters. The third kappa shape index (κ3) is 9.92. The molecule has 2 fully saturated rings. The lowest BCUT2D eigenvalue weighted by molar-refractivity contribution is -0.296. The van der Waals surface area contributed by atoms with E-state index >= 15 is 0 Å². The highest BCUT2D eigenvalue weighted by molar-refractivity contribution is 6.00. The van der Waals surface area contributed by atoms with Crippen LogP contribution in [-0.2, 0) is 33.3 Å². The quantitative estimate of drug-likeness (QED) is 0.228. The lowest BCUT2D eigenvalue weighted by Gasteiger charge is -2.47. The molecule has 0 spiro atoms. The molecule has 3 heterocycles. The van der Waals surface area contributed by atoms with Gasteiger partial charge >= 0.3 is 5.97 Å². The van der Waals surface area contributed by atoms with Crippen LogP contribution in [0.3, 0.4) is 0 Å². The van der Waals surface area contributed by atoms with Gasteiger partial charge < -0.3 is 44.5 Å². The average molecular weight is 756 g/mol. The number of aliphatic hydroxyl groups excluding tert-OH is 2. The number of cyclic esters (lactones) is 1. The van der Waals surface area contributed by atoms with E-state index in [1.807, 2.05) is 68.4 Å². The van der Waals surface area contributed by atoms with Crippen molar-refractivity contribution in [1.29, 1.82) is 0 Å². The second-order valence-electron chi connectivity index (χ2n) is 15.9. The lowest BCUT2D eigenvalue weighted by atomic mass is 9.79. The molecule has 13 nitrogen and oxygen atoms in total. The number of likely N-dealkylation sites (N-methyl/N-ethyl adjacent to an activating group) is 1. The number of pyridine rings is 1. The summed E-state index contributed by atoms with van der Waals surface area (Å²) in [4.78, 5) is 48.0. The number of esters is 1. The van der Waals surface area contributed by atoms with Gasteiger partial charge in [0, 0.05) is 29.6 Å². The van der Waals surface area contributed by atoms with Crippen molar-refractivity contribution in [3.05, 3.63) is 48.2 Å². The molecule has 0 radical (unpaired) electrons. The predicted octanol–water partition coefficient (Wildman–Crippen LogP) is 3.65. The number of amides is 1. The van der Waals surface area contributed by atoms with Crippen molar-refractivity contribution >= 4 is 34.6 Å². The van der Waals surface area contributed by atoms with Gasteiger partial charge in [0.05, 0.1) is 42.0 Å². The maximum Gasteiger partial charge on any atom is 0.316 e. The fourth-order valence-corrected chi connectivity index (χ4v) is 7.84. The molecule has 1 aromatic carbocycles. The lowest BCUT2D eigenvalue weighted by Crippen LogP contribution is -2.60. The van der Waals surface area contributed by atoms with Gasteiger partial charge in [-0.05, 0) is 85.7 Å². The van der Waals surface area contributed by atoms with Crippen LogP contribution in [0.5, 0.6) is 0 Å². The molecule has 0 bridgehead atoms. The van der Waals surface area contributed by atoms with Crippen molar-refractivity contribution < 1.29 is 48.7 Å². The van der Waals surface area contributed by atoms with Crippen molar-refractivity contribution in [3.63, 3.8) is 0 Å². The smallest absolute Gasteiger partial charge is 0.316 e. The van der Waals surface area contributed by atoms with Crippen molar-refractivity contribution in [2.24, 2.45) is 17.8 Å². The fraction of sp³-hybridized carbons (Fsp3) is 0.659. The summed E-state index contributed by atoms with van der Waals surface area (Å²) in [5.74, 6) is -5.38. The summed E-state index contributed by atoms with van der Waals surface area (Å²) < 4.78 is 25.2. The van der Waals surface area contributed by atoms with E-state index < -0.39 is 83.4 Å². The predicted molar refractivity (Wildman–Crippen MR) is 204 cm³/mol. The molecule has 1 aromatic heterocycles. The van der Waals surface area contributed by atoms with Gasteiger partial charge in [-0.2, -0.15) is 0 Å². The normalized spacial score (nSPS) is 37.9. The number of nitrogens with zero attached hydrogens (tertiary/aromatic N) is 2. The van der Waals surface area contributed by atoms with E-state index in [9.17, 15) is 29.7 Å². The van der Waals surface area contributed by atoms with Gasteiger partial charge in [0.25, 0.3) is 0 Å². The van der Waals surface area contributed by atoms with Crippen molar-refractivity contribution in [2.45, 2.75) is 135 Å². The summed E-state index contributed by atoms with van der Waals surface area (Å²) >= 11 is 0. The number of benzene rings is 1. The van der Waals surface area contributed by atoms with Crippen LogP contribution in [0.2, 0.25) is 0 Å². The Morgan fingerprint density at radius 1 is 1.06 bits per heavy atom. The number of carbonyl (C=O) groups is 3. The molecule has 300 valence electrons. The Hall–Kier alpha value is -3.30. The van der Waals surface area contributed by atoms with Gasteiger partial charge in [-0.15, -0.1) is 0 Å². The molecule has 54 heavy (non-hydrogen) atoms. The molecule has 13 atom stereocenters. The van der Waals surface area contributed by atoms with Crippen molar-refractivity contribution in [2.75, 3.05) is 20.7 Å². The number of rotatable bonds is 8. The number of Topliss-reactive ketones (excluding diaryl/α,β-unsaturated/α-hetero) is 1. The van der Waals surface area contributed by atoms with Crippen LogP contribution in [-0.4, -0.2) is 124 Å². The van der Waals surface area contributed by atoms with E-state index in [0.29, 0.717) is 6.42 Å². The van der Waals surface area contributed by atoms with Crippen LogP contribution >= 0.6 is 0 Å². The monoisotopic (exact) mass is 755 g/mol. The van der Waals surface area contributed by atoms with E-state index in [4.69, 9.17) is 18.9 Å². The van der Waals surface area contributed by atoms with Crippen LogP contribution in [0, 0.1) is 17.8 Å². The first-order chi connectivity index (χ1) is 25.3. The number of aliphatic hydroxyl groups is 3. The van der Waals surface area contributed by atoms with Gasteiger partial charge in [0.2, 0.25) is 5.91 Å². The number of fused-ring (bicyclic) bond motifs is 1. The van der Waals surface area contributed by atoms with E-state index in [-0.39, 0.29) is 31.6 Å².